The zero-order chi connectivity index (χ0) is 7.56. The van der Waals surface area contributed by atoms with Crippen molar-refractivity contribution in [1.29, 1.82) is 0 Å². The van der Waals surface area contributed by atoms with E-state index in [4.69, 9.17) is 16.7 Å². The molecule has 0 heterocycles. The summed E-state index contributed by atoms with van der Waals surface area (Å²) in [6.45, 7) is 0. The van der Waals surface area contributed by atoms with Crippen molar-refractivity contribution in [2.75, 3.05) is 0 Å². The summed E-state index contributed by atoms with van der Waals surface area (Å²) in [5.41, 5.74) is 0.143. The van der Waals surface area contributed by atoms with Crippen LogP contribution in [0.15, 0.2) is 24.3 Å². The standard InChI is InChI=1S/C7H5ClO2.Ca/c8-6-4-2-1-3-5(6)7(9)10;/h1-4H,(H,9,10);. The summed E-state index contributed by atoms with van der Waals surface area (Å²) in [7, 11) is 0. The van der Waals surface area contributed by atoms with Gasteiger partial charge in [0.1, 0.15) is 0 Å². The molecule has 0 spiro atoms. The van der Waals surface area contributed by atoms with Crippen molar-refractivity contribution in [3.05, 3.63) is 34.9 Å². The molecule has 0 saturated carbocycles. The molecular formula is C7H5CaClO2. The molecule has 1 rings (SSSR count). The summed E-state index contributed by atoms with van der Waals surface area (Å²) < 4.78 is 0. The van der Waals surface area contributed by atoms with Crippen LogP contribution in [0.3, 0.4) is 0 Å². The maximum absolute atomic E-state index is 10.3. The zero-order valence-electron chi connectivity index (χ0n) is 5.75. The molecule has 0 unspecified atom stereocenters. The smallest absolute Gasteiger partial charge is 0.337 e. The van der Waals surface area contributed by atoms with Crippen molar-refractivity contribution in [1.82, 2.24) is 0 Å². The molecule has 4 heteroatoms. The quantitative estimate of drug-likeness (QED) is 0.694. The second-order valence-electron chi connectivity index (χ2n) is 1.78. The number of benzene rings is 1. The molecule has 54 valence electrons. The Morgan fingerprint density at radius 2 is 1.91 bits per heavy atom. The van der Waals surface area contributed by atoms with E-state index in [1.54, 1.807) is 18.2 Å². The Kier molecular flexibility index (Phi) is 5.10. The Labute approximate surface area is 99.2 Å². The van der Waals surface area contributed by atoms with Crippen molar-refractivity contribution in [3.63, 3.8) is 0 Å². The number of carboxylic acid groups (broad SMARTS) is 1. The first-order valence-corrected chi connectivity index (χ1v) is 3.07. The molecule has 0 saturated heterocycles. The molecule has 0 bridgehead atoms. The van der Waals surface area contributed by atoms with Crippen LogP contribution >= 0.6 is 11.6 Å². The second kappa shape index (κ2) is 4.99. The fraction of sp³-hybridized carbons (Fsp3) is 0. The summed E-state index contributed by atoms with van der Waals surface area (Å²) in [4.78, 5) is 10.3. The van der Waals surface area contributed by atoms with Crippen LogP contribution in [0.1, 0.15) is 10.4 Å². The number of hydrogen-bond donors (Lipinski definition) is 1. The summed E-state index contributed by atoms with van der Waals surface area (Å²) in [5.74, 6) is -0.995. The van der Waals surface area contributed by atoms with E-state index in [9.17, 15) is 4.79 Å². The van der Waals surface area contributed by atoms with E-state index in [1.165, 1.54) is 6.07 Å². The largest absolute Gasteiger partial charge is 0.478 e. The minimum atomic E-state index is -0.995. The number of aromatic carboxylic acids is 1. The summed E-state index contributed by atoms with van der Waals surface area (Å²) in [6.07, 6.45) is 0. The third-order valence-corrected chi connectivity index (χ3v) is 1.43. The van der Waals surface area contributed by atoms with Gasteiger partial charge in [0.25, 0.3) is 0 Å². The molecule has 0 aliphatic heterocycles. The molecule has 0 atom stereocenters. The van der Waals surface area contributed by atoms with Crippen LogP contribution in [0, 0.1) is 0 Å². The molecule has 0 aliphatic carbocycles. The van der Waals surface area contributed by atoms with Crippen LogP contribution in [0.5, 0.6) is 0 Å². The minimum absolute atomic E-state index is 0. The van der Waals surface area contributed by atoms with Gasteiger partial charge in [-0.05, 0) is 12.1 Å². The van der Waals surface area contributed by atoms with E-state index in [0.29, 0.717) is 0 Å². The van der Waals surface area contributed by atoms with Gasteiger partial charge in [-0.2, -0.15) is 0 Å². The average Bonchev–Trinajstić information content (AvgIpc) is 1.88. The van der Waals surface area contributed by atoms with Crippen molar-refractivity contribution in [2.24, 2.45) is 0 Å². The SMILES string of the molecule is O=C(O)c1ccccc1Cl.[Ca]. The fourth-order valence-electron chi connectivity index (χ4n) is 0.635. The normalized spacial score (nSPS) is 8.45. The van der Waals surface area contributed by atoms with Crippen molar-refractivity contribution in [2.45, 2.75) is 0 Å². The van der Waals surface area contributed by atoms with Gasteiger partial charge in [0, 0.05) is 37.7 Å². The van der Waals surface area contributed by atoms with Gasteiger partial charge in [-0.15, -0.1) is 0 Å². The van der Waals surface area contributed by atoms with E-state index in [1.807, 2.05) is 0 Å². The molecule has 2 nitrogen and oxygen atoms in total. The number of hydrogen-bond acceptors (Lipinski definition) is 1. The number of carboxylic acids is 1. The minimum Gasteiger partial charge on any atom is -0.478 e. The van der Waals surface area contributed by atoms with Crippen LogP contribution < -0.4 is 0 Å². The molecule has 1 N–H and O–H groups in total. The molecule has 11 heavy (non-hydrogen) atoms. The molecule has 0 aliphatic rings. The Morgan fingerprint density at radius 1 is 1.36 bits per heavy atom. The Balaban J connectivity index is 0.000001000. The second-order valence-corrected chi connectivity index (χ2v) is 2.19. The molecular weight excluding hydrogens is 192 g/mol. The average molecular weight is 197 g/mol. The first-order chi connectivity index (χ1) is 4.72. The number of carbonyl (C=O) groups is 1. The first-order valence-electron chi connectivity index (χ1n) is 2.69. The van der Waals surface area contributed by atoms with Gasteiger partial charge in [-0.25, -0.2) is 4.79 Å². The van der Waals surface area contributed by atoms with E-state index in [2.05, 4.69) is 0 Å². The predicted molar refractivity (Wildman–Crippen MR) is 44.2 cm³/mol. The molecule has 1 aromatic rings. The van der Waals surface area contributed by atoms with E-state index >= 15 is 0 Å². The molecule has 2 radical (unpaired) electrons. The fourth-order valence-corrected chi connectivity index (χ4v) is 0.851. The monoisotopic (exact) mass is 196 g/mol. The summed E-state index contributed by atoms with van der Waals surface area (Å²) in [6, 6.07) is 6.33. The number of rotatable bonds is 1. The van der Waals surface area contributed by atoms with Crippen LogP contribution in [0.4, 0.5) is 0 Å². The van der Waals surface area contributed by atoms with Gasteiger partial charge in [-0.1, -0.05) is 23.7 Å². The summed E-state index contributed by atoms with van der Waals surface area (Å²) >= 11 is 5.54. The molecule has 0 fully saturated rings. The molecule has 0 aromatic heterocycles. The van der Waals surface area contributed by atoms with Crippen LogP contribution in [0.2, 0.25) is 5.02 Å². The Morgan fingerprint density at radius 3 is 2.27 bits per heavy atom. The zero-order valence-corrected chi connectivity index (χ0v) is 8.71. The van der Waals surface area contributed by atoms with E-state index in [-0.39, 0.29) is 48.3 Å². The van der Waals surface area contributed by atoms with Gasteiger partial charge in [0.2, 0.25) is 0 Å². The molecule has 0 amide bonds. The topological polar surface area (TPSA) is 37.3 Å². The third-order valence-electron chi connectivity index (χ3n) is 1.10. The van der Waals surface area contributed by atoms with Crippen LogP contribution in [-0.4, -0.2) is 48.8 Å². The van der Waals surface area contributed by atoms with Crippen molar-refractivity contribution in [3.8, 4) is 0 Å². The van der Waals surface area contributed by atoms with E-state index in [0.717, 1.165) is 0 Å². The van der Waals surface area contributed by atoms with Crippen molar-refractivity contribution >= 4 is 55.3 Å². The Bertz CT molecular complexity index is 262. The van der Waals surface area contributed by atoms with Gasteiger partial charge in [0.15, 0.2) is 0 Å². The number of halogens is 1. The maximum atomic E-state index is 10.3. The van der Waals surface area contributed by atoms with Gasteiger partial charge >= 0.3 is 5.97 Å². The molecule has 1 aromatic carbocycles. The van der Waals surface area contributed by atoms with Crippen LogP contribution in [-0.2, 0) is 0 Å². The maximum Gasteiger partial charge on any atom is 0.337 e. The van der Waals surface area contributed by atoms with Gasteiger partial charge in [0.05, 0.1) is 10.6 Å². The third kappa shape index (κ3) is 2.99. The summed E-state index contributed by atoms with van der Waals surface area (Å²) in [5, 5.41) is 8.75. The van der Waals surface area contributed by atoms with Gasteiger partial charge in [-0.3, -0.25) is 0 Å². The first kappa shape index (κ1) is 11.2. The Hall–Kier alpha value is 0.240. The van der Waals surface area contributed by atoms with E-state index < -0.39 is 5.97 Å². The van der Waals surface area contributed by atoms with Crippen LogP contribution in [0.25, 0.3) is 0 Å². The van der Waals surface area contributed by atoms with Crippen molar-refractivity contribution < 1.29 is 9.90 Å². The predicted octanol–water partition coefficient (Wildman–Crippen LogP) is 1.66. The van der Waals surface area contributed by atoms with Gasteiger partial charge < -0.3 is 5.11 Å².